The standard InChI is InChI=1S/C16H26N4O/c1-17-16(9-5-4-6-10-16)12-14(21)19-13-8-7-11-18-15(13)20(2)3/h7-8,11,17H,4-6,9-10,12H2,1-3H3,(H,19,21). The molecular formula is C16H26N4O. The minimum atomic E-state index is -0.0389. The van der Waals surface area contributed by atoms with Crippen LogP contribution in [0.4, 0.5) is 11.5 Å². The zero-order chi connectivity index (χ0) is 15.3. The lowest BCUT2D eigenvalue weighted by Gasteiger charge is -2.36. The molecule has 0 spiro atoms. The Morgan fingerprint density at radius 3 is 2.67 bits per heavy atom. The summed E-state index contributed by atoms with van der Waals surface area (Å²) in [6, 6.07) is 3.74. The smallest absolute Gasteiger partial charge is 0.226 e. The molecule has 2 rings (SSSR count). The number of hydrogen-bond acceptors (Lipinski definition) is 4. The summed E-state index contributed by atoms with van der Waals surface area (Å²) in [7, 11) is 5.82. The van der Waals surface area contributed by atoms with E-state index < -0.39 is 0 Å². The van der Waals surface area contributed by atoms with Crippen molar-refractivity contribution in [2.45, 2.75) is 44.1 Å². The van der Waals surface area contributed by atoms with Crippen molar-refractivity contribution in [3.8, 4) is 0 Å². The molecular weight excluding hydrogens is 264 g/mol. The molecule has 1 aliphatic carbocycles. The summed E-state index contributed by atoms with van der Waals surface area (Å²) in [4.78, 5) is 18.6. The molecule has 0 atom stereocenters. The maximum atomic E-state index is 12.4. The Morgan fingerprint density at radius 1 is 1.33 bits per heavy atom. The van der Waals surface area contributed by atoms with Gasteiger partial charge in [-0.3, -0.25) is 4.79 Å². The minimum absolute atomic E-state index is 0.0389. The van der Waals surface area contributed by atoms with Crippen LogP contribution in [0.1, 0.15) is 38.5 Å². The molecule has 1 aliphatic rings. The predicted molar refractivity (Wildman–Crippen MR) is 86.7 cm³/mol. The first kappa shape index (κ1) is 15.8. The lowest BCUT2D eigenvalue weighted by Crippen LogP contribution is -2.47. The number of pyridine rings is 1. The number of carbonyl (C=O) groups is 1. The van der Waals surface area contributed by atoms with Crippen LogP contribution in [0.3, 0.4) is 0 Å². The van der Waals surface area contributed by atoms with E-state index in [1.54, 1.807) is 6.20 Å². The zero-order valence-corrected chi connectivity index (χ0v) is 13.3. The van der Waals surface area contributed by atoms with Gasteiger partial charge in [0.15, 0.2) is 5.82 Å². The van der Waals surface area contributed by atoms with Crippen LogP contribution in [0.15, 0.2) is 18.3 Å². The van der Waals surface area contributed by atoms with Gasteiger partial charge in [0.25, 0.3) is 0 Å². The average molecular weight is 290 g/mol. The van der Waals surface area contributed by atoms with Gasteiger partial charge in [-0.25, -0.2) is 4.98 Å². The Morgan fingerprint density at radius 2 is 2.05 bits per heavy atom. The minimum Gasteiger partial charge on any atom is -0.361 e. The summed E-state index contributed by atoms with van der Waals surface area (Å²) in [5.41, 5.74) is 0.734. The topological polar surface area (TPSA) is 57.3 Å². The van der Waals surface area contributed by atoms with Gasteiger partial charge in [-0.05, 0) is 32.0 Å². The zero-order valence-electron chi connectivity index (χ0n) is 13.3. The number of anilines is 2. The fourth-order valence-corrected chi connectivity index (χ4v) is 3.10. The van der Waals surface area contributed by atoms with Crippen molar-refractivity contribution in [1.29, 1.82) is 0 Å². The lowest BCUT2D eigenvalue weighted by atomic mass is 9.79. The van der Waals surface area contributed by atoms with Gasteiger partial charge in [0, 0.05) is 32.3 Å². The molecule has 0 saturated heterocycles. The second kappa shape index (κ2) is 6.89. The molecule has 116 valence electrons. The molecule has 1 saturated carbocycles. The van der Waals surface area contributed by atoms with Crippen molar-refractivity contribution in [2.24, 2.45) is 0 Å². The molecule has 0 aliphatic heterocycles. The van der Waals surface area contributed by atoms with E-state index in [1.165, 1.54) is 19.3 Å². The van der Waals surface area contributed by atoms with Gasteiger partial charge in [-0.15, -0.1) is 0 Å². The highest BCUT2D eigenvalue weighted by molar-refractivity contribution is 5.94. The Balaban J connectivity index is 2.04. The van der Waals surface area contributed by atoms with Crippen LogP contribution in [-0.4, -0.2) is 37.6 Å². The van der Waals surface area contributed by atoms with Crippen LogP contribution in [0, 0.1) is 0 Å². The van der Waals surface area contributed by atoms with E-state index in [1.807, 2.05) is 38.2 Å². The van der Waals surface area contributed by atoms with Gasteiger partial charge in [0.2, 0.25) is 5.91 Å². The number of aromatic nitrogens is 1. The van der Waals surface area contributed by atoms with Gasteiger partial charge in [-0.2, -0.15) is 0 Å². The number of hydrogen-bond donors (Lipinski definition) is 2. The quantitative estimate of drug-likeness (QED) is 0.874. The Bertz CT molecular complexity index is 481. The molecule has 1 fully saturated rings. The first-order valence-corrected chi connectivity index (χ1v) is 7.67. The number of nitrogens with zero attached hydrogens (tertiary/aromatic N) is 2. The van der Waals surface area contributed by atoms with Crippen LogP contribution >= 0.6 is 0 Å². The summed E-state index contributed by atoms with van der Waals surface area (Å²) in [5, 5.41) is 6.40. The van der Waals surface area contributed by atoms with E-state index in [2.05, 4.69) is 15.6 Å². The molecule has 0 bridgehead atoms. The van der Waals surface area contributed by atoms with E-state index in [-0.39, 0.29) is 11.4 Å². The van der Waals surface area contributed by atoms with Gasteiger partial charge in [0.05, 0.1) is 5.69 Å². The fourth-order valence-electron chi connectivity index (χ4n) is 3.10. The summed E-state index contributed by atoms with van der Waals surface area (Å²) >= 11 is 0. The van der Waals surface area contributed by atoms with E-state index >= 15 is 0 Å². The predicted octanol–water partition coefficient (Wildman–Crippen LogP) is 2.40. The van der Waals surface area contributed by atoms with E-state index in [4.69, 9.17) is 0 Å². The highest BCUT2D eigenvalue weighted by Gasteiger charge is 2.32. The molecule has 1 aromatic heterocycles. The molecule has 1 heterocycles. The number of nitrogens with one attached hydrogen (secondary N) is 2. The molecule has 5 nitrogen and oxygen atoms in total. The van der Waals surface area contributed by atoms with Crippen molar-refractivity contribution in [3.05, 3.63) is 18.3 Å². The second-order valence-corrected chi connectivity index (χ2v) is 6.08. The van der Waals surface area contributed by atoms with Crippen molar-refractivity contribution in [1.82, 2.24) is 10.3 Å². The summed E-state index contributed by atoms with van der Waals surface area (Å²) in [6.07, 6.45) is 8.08. The van der Waals surface area contributed by atoms with Gasteiger partial charge < -0.3 is 15.5 Å². The Hall–Kier alpha value is -1.62. The van der Waals surface area contributed by atoms with Crippen LogP contribution in [0.25, 0.3) is 0 Å². The van der Waals surface area contributed by atoms with Gasteiger partial charge in [0.1, 0.15) is 0 Å². The Kier molecular flexibility index (Phi) is 5.17. The molecule has 1 aromatic rings. The summed E-state index contributed by atoms with van der Waals surface area (Å²) < 4.78 is 0. The third-order valence-electron chi connectivity index (χ3n) is 4.32. The normalized spacial score (nSPS) is 17.3. The molecule has 0 aromatic carbocycles. The van der Waals surface area contributed by atoms with Crippen molar-refractivity contribution in [2.75, 3.05) is 31.4 Å². The molecule has 1 amide bonds. The SMILES string of the molecule is CNC1(CC(=O)Nc2cccnc2N(C)C)CCCCC1. The van der Waals surface area contributed by atoms with Crippen LogP contribution in [-0.2, 0) is 4.79 Å². The monoisotopic (exact) mass is 290 g/mol. The third-order valence-corrected chi connectivity index (χ3v) is 4.32. The molecule has 21 heavy (non-hydrogen) atoms. The van der Waals surface area contributed by atoms with E-state index in [0.29, 0.717) is 6.42 Å². The van der Waals surface area contributed by atoms with Crippen LogP contribution in [0.5, 0.6) is 0 Å². The van der Waals surface area contributed by atoms with E-state index in [0.717, 1.165) is 24.3 Å². The third kappa shape index (κ3) is 3.94. The number of rotatable bonds is 5. The second-order valence-electron chi connectivity index (χ2n) is 6.08. The number of amides is 1. The summed E-state index contributed by atoms with van der Waals surface area (Å²) in [5.74, 6) is 0.843. The van der Waals surface area contributed by atoms with Crippen molar-refractivity contribution < 1.29 is 4.79 Å². The Labute approximate surface area is 127 Å². The molecule has 0 radical (unpaired) electrons. The number of carbonyl (C=O) groups excluding carboxylic acids is 1. The highest BCUT2D eigenvalue weighted by Crippen LogP contribution is 2.31. The average Bonchev–Trinajstić information content (AvgIpc) is 2.48. The molecule has 0 unspecified atom stereocenters. The van der Waals surface area contributed by atoms with Crippen molar-refractivity contribution >= 4 is 17.4 Å². The van der Waals surface area contributed by atoms with Crippen LogP contribution in [0.2, 0.25) is 0 Å². The maximum absolute atomic E-state index is 12.4. The first-order valence-electron chi connectivity index (χ1n) is 7.67. The maximum Gasteiger partial charge on any atom is 0.226 e. The summed E-state index contributed by atoms with van der Waals surface area (Å²) in [6.45, 7) is 0. The van der Waals surface area contributed by atoms with Gasteiger partial charge >= 0.3 is 0 Å². The lowest BCUT2D eigenvalue weighted by molar-refractivity contribution is -0.117. The van der Waals surface area contributed by atoms with Gasteiger partial charge in [-0.1, -0.05) is 19.3 Å². The fraction of sp³-hybridized carbons (Fsp3) is 0.625. The van der Waals surface area contributed by atoms with Crippen molar-refractivity contribution in [3.63, 3.8) is 0 Å². The highest BCUT2D eigenvalue weighted by atomic mass is 16.1. The molecule has 5 heteroatoms. The molecule has 2 N–H and O–H groups in total. The van der Waals surface area contributed by atoms with E-state index in [9.17, 15) is 4.79 Å². The first-order chi connectivity index (χ1) is 10.1. The van der Waals surface area contributed by atoms with Crippen LogP contribution < -0.4 is 15.5 Å². The largest absolute Gasteiger partial charge is 0.361 e.